The molecule has 0 atom stereocenters. The Labute approximate surface area is 117 Å². The van der Waals surface area contributed by atoms with Crippen LogP contribution in [0.1, 0.15) is 5.69 Å². The van der Waals surface area contributed by atoms with Crippen LogP contribution in [0, 0.1) is 22.9 Å². The summed E-state index contributed by atoms with van der Waals surface area (Å²) in [6.45, 7) is 1.44. The summed E-state index contributed by atoms with van der Waals surface area (Å²) in [4.78, 5) is 18.0. The highest BCUT2D eigenvalue weighted by molar-refractivity contribution is 6.31. The van der Waals surface area contributed by atoms with Crippen molar-refractivity contribution in [2.75, 3.05) is 0 Å². The minimum absolute atomic E-state index is 0.00407. The topological polar surface area (TPSA) is 68.9 Å². The van der Waals surface area contributed by atoms with E-state index < -0.39 is 10.7 Å². The first-order valence-electron chi connectivity index (χ1n) is 5.04. The number of nitrogens with zero attached hydrogens (tertiary/aromatic N) is 3. The second-order valence-electron chi connectivity index (χ2n) is 3.66. The number of nitro groups is 1. The lowest BCUT2D eigenvalue weighted by Crippen LogP contribution is -2.01. The first-order valence-corrected chi connectivity index (χ1v) is 5.79. The quantitative estimate of drug-likeness (QED) is 0.480. The van der Waals surface area contributed by atoms with Crippen LogP contribution in [0.4, 0.5) is 10.1 Å². The van der Waals surface area contributed by atoms with E-state index in [-0.39, 0.29) is 27.4 Å². The Hall–Kier alpha value is -1.79. The van der Waals surface area contributed by atoms with Crippen molar-refractivity contribution in [3.63, 3.8) is 0 Å². The van der Waals surface area contributed by atoms with Gasteiger partial charge in [0.2, 0.25) is 5.28 Å². The summed E-state index contributed by atoms with van der Waals surface area (Å²) in [5, 5.41) is 10.8. The number of hydrogen-bond donors (Lipinski definition) is 0. The summed E-state index contributed by atoms with van der Waals surface area (Å²) < 4.78 is 13.1. The molecule has 0 spiro atoms. The molecule has 5 nitrogen and oxygen atoms in total. The maximum absolute atomic E-state index is 13.1. The molecule has 0 aliphatic carbocycles. The van der Waals surface area contributed by atoms with E-state index in [1.165, 1.54) is 19.1 Å². The zero-order chi connectivity index (χ0) is 14.2. The van der Waals surface area contributed by atoms with Gasteiger partial charge in [-0.25, -0.2) is 14.4 Å². The number of hydrogen-bond acceptors (Lipinski definition) is 4. The second-order valence-corrected chi connectivity index (χ2v) is 4.41. The highest BCUT2D eigenvalue weighted by Gasteiger charge is 2.23. The van der Waals surface area contributed by atoms with Crippen LogP contribution in [0.3, 0.4) is 0 Å². The molecule has 1 heterocycles. The van der Waals surface area contributed by atoms with Gasteiger partial charge in [-0.3, -0.25) is 10.1 Å². The molecule has 0 unspecified atom stereocenters. The average molecular weight is 302 g/mol. The van der Waals surface area contributed by atoms with Crippen LogP contribution in [0.2, 0.25) is 10.3 Å². The third-order valence-corrected chi connectivity index (χ3v) is 2.87. The summed E-state index contributed by atoms with van der Waals surface area (Å²) in [5.41, 5.74) is 0.141. The highest BCUT2D eigenvalue weighted by Crippen LogP contribution is 2.32. The summed E-state index contributed by atoms with van der Waals surface area (Å²) in [6, 6.07) is 3.70. The Bertz CT molecular complexity index is 679. The molecule has 2 aromatic rings. The van der Waals surface area contributed by atoms with Gasteiger partial charge >= 0.3 is 5.69 Å². The van der Waals surface area contributed by atoms with Gasteiger partial charge in [0, 0.05) is 5.56 Å². The monoisotopic (exact) mass is 301 g/mol. The van der Waals surface area contributed by atoms with Gasteiger partial charge in [-0.05, 0) is 36.7 Å². The van der Waals surface area contributed by atoms with Gasteiger partial charge in [-0.15, -0.1) is 0 Å². The molecule has 0 fully saturated rings. The first-order chi connectivity index (χ1) is 8.90. The third-order valence-electron chi connectivity index (χ3n) is 2.41. The molecule has 0 radical (unpaired) electrons. The van der Waals surface area contributed by atoms with Crippen molar-refractivity contribution in [2.24, 2.45) is 0 Å². The van der Waals surface area contributed by atoms with Crippen molar-refractivity contribution in [1.29, 1.82) is 0 Å². The van der Waals surface area contributed by atoms with E-state index in [1.807, 2.05) is 0 Å². The van der Waals surface area contributed by atoms with Crippen molar-refractivity contribution < 1.29 is 9.31 Å². The number of rotatable bonds is 2. The Morgan fingerprint density at radius 3 is 2.58 bits per heavy atom. The SMILES string of the molecule is Cc1nc(Cl)nc(-c2ccc(F)c(Cl)c2)c1[N+](=O)[O-]. The third kappa shape index (κ3) is 2.64. The van der Waals surface area contributed by atoms with Gasteiger partial charge in [0.15, 0.2) is 5.69 Å². The molecule has 0 N–H and O–H groups in total. The largest absolute Gasteiger partial charge is 0.316 e. The van der Waals surface area contributed by atoms with Gasteiger partial charge in [0.25, 0.3) is 0 Å². The molecular formula is C11H6Cl2FN3O2. The molecule has 8 heteroatoms. The van der Waals surface area contributed by atoms with E-state index in [0.29, 0.717) is 5.56 Å². The Morgan fingerprint density at radius 2 is 2.00 bits per heavy atom. The smallest absolute Gasteiger partial charge is 0.258 e. The Morgan fingerprint density at radius 1 is 1.32 bits per heavy atom. The van der Waals surface area contributed by atoms with E-state index in [1.54, 1.807) is 0 Å². The molecule has 0 aliphatic heterocycles. The zero-order valence-electron chi connectivity index (χ0n) is 9.52. The molecule has 0 saturated carbocycles. The molecular weight excluding hydrogens is 296 g/mol. The predicted molar refractivity (Wildman–Crippen MR) is 68.8 cm³/mol. The van der Waals surface area contributed by atoms with Crippen molar-refractivity contribution in [3.8, 4) is 11.3 Å². The molecule has 0 bridgehead atoms. The van der Waals surface area contributed by atoms with Crippen LogP contribution < -0.4 is 0 Å². The van der Waals surface area contributed by atoms with E-state index >= 15 is 0 Å². The maximum atomic E-state index is 13.1. The standard InChI is InChI=1S/C11H6Cl2FN3O2/c1-5-10(17(18)19)9(16-11(13)15-5)6-2-3-8(14)7(12)4-6/h2-4H,1H3. The first kappa shape index (κ1) is 13.6. The van der Waals surface area contributed by atoms with E-state index in [9.17, 15) is 14.5 Å². The minimum Gasteiger partial charge on any atom is -0.258 e. The zero-order valence-corrected chi connectivity index (χ0v) is 11.0. The molecule has 98 valence electrons. The second kappa shape index (κ2) is 5.07. The molecule has 0 amide bonds. The number of aryl methyl sites for hydroxylation is 1. The van der Waals surface area contributed by atoms with Gasteiger partial charge < -0.3 is 0 Å². The van der Waals surface area contributed by atoms with Crippen LogP contribution >= 0.6 is 23.2 Å². The normalized spacial score (nSPS) is 10.5. The molecule has 2 rings (SSSR count). The Balaban J connectivity index is 2.73. The Kier molecular flexibility index (Phi) is 3.64. The summed E-state index contributed by atoms with van der Waals surface area (Å²) in [5.74, 6) is -0.620. The van der Waals surface area contributed by atoms with Crippen molar-refractivity contribution in [1.82, 2.24) is 9.97 Å². The maximum Gasteiger partial charge on any atom is 0.316 e. The van der Waals surface area contributed by atoms with Crippen LogP contribution in [0.5, 0.6) is 0 Å². The van der Waals surface area contributed by atoms with Crippen molar-refractivity contribution >= 4 is 28.9 Å². The number of benzene rings is 1. The van der Waals surface area contributed by atoms with E-state index in [0.717, 1.165) is 6.07 Å². The summed E-state index contributed by atoms with van der Waals surface area (Å²) >= 11 is 11.3. The molecule has 0 saturated heterocycles. The highest BCUT2D eigenvalue weighted by atomic mass is 35.5. The fourth-order valence-electron chi connectivity index (χ4n) is 1.60. The molecule has 19 heavy (non-hydrogen) atoms. The fourth-order valence-corrected chi connectivity index (χ4v) is 1.99. The van der Waals surface area contributed by atoms with Crippen molar-refractivity contribution in [2.45, 2.75) is 6.92 Å². The molecule has 1 aromatic heterocycles. The lowest BCUT2D eigenvalue weighted by molar-refractivity contribution is -0.385. The molecule has 0 aliphatic rings. The van der Waals surface area contributed by atoms with Gasteiger partial charge in [-0.1, -0.05) is 11.6 Å². The summed E-state index contributed by atoms with van der Waals surface area (Å²) in [7, 11) is 0. The van der Waals surface area contributed by atoms with Crippen molar-refractivity contribution in [3.05, 3.63) is 50.1 Å². The van der Waals surface area contributed by atoms with Crippen LogP contribution in [0.25, 0.3) is 11.3 Å². The van der Waals surface area contributed by atoms with E-state index in [2.05, 4.69) is 9.97 Å². The van der Waals surface area contributed by atoms with Gasteiger partial charge in [-0.2, -0.15) is 0 Å². The average Bonchev–Trinajstić information content (AvgIpc) is 2.31. The fraction of sp³-hybridized carbons (Fsp3) is 0.0909. The van der Waals surface area contributed by atoms with E-state index in [4.69, 9.17) is 23.2 Å². The lowest BCUT2D eigenvalue weighted by atomic mass is 10.1. The van der Waals surface area contributed by atoms with Gasteiger partial charge in [0.05, 0.1) is 9.95 Å². The van der Waals surface area contributed by atoms with Crippen LogP contribution in [0.15, 0.2) is 18.2 Å². The number of halogens is 3. The lowest BCUT2D eigenvalue weighted by Gasteiger charge is -2.05. The number of aromatic nitrogens is 2. The van der Waals surface area contributed by atoms with Gasteiger partial charge in [0.1, 0.15) is 11.5 Å². The predicted octanol–water partition coefficient (Wildman–Crippen LogP) is 3.81. The van der Waals surface area contributed by atoms with Crippen LogP contribution in [-0.4, -0.2) is 14.9 Å². The molecule has 1 aromatic carbocycles. The summed E-state index contributed by atoms with van der Waals surface area (Å²) in [6.07, 6.45) is 0. The minimum atomic E-state index is -0.620. The van der Waals surface area contributed by atoms with Crippen LogP contribution in [-0.2, 0) is 0 Å².